The highest BCUT2D eigenvalue weighted by Crippen LogP contribution is 2.47. The standard InChI is InChI=1S/C24H31NO5/c1-27-19-8-5-15(11-20(19)28-2)9-10-25-14-17-7-6-16-12-21(29-3)22(30-4)13-18(16)23(17)24(25)26/h5,8,11-13,17,23-24,26H,6-7,9-10,14H2,1-4H3/t17-,23+,24?/m0/s1. The van der Waals surface area contributed by atoms with Gasteiger partial charge in [0.2, 0.25) is 0 Å². The van der Waals surface area contributed by atoms with Crippen molar-refractivity contribution >= 4 is 0 Å². The van der Waals surface area contributed by atoms with E-state index in [1.54, 1.807) is 28.4 Å². The van der Waals surface area contributed by atoms with Gasteiger partial charge >= 0.3 is 0 Å². The van der Waals surface area contributed by atoms with E-state index in [1.807, 2.05) is 12.1 Å². The fourth-order valence-electron chi connectivity index (χ4n) is 5.02. The Morgan fingerprint density at radius 1 is 0.900 bits per heavy atom. The van der Waals surface area contributed by atoms with Crippen molar-refractivity contribution in [3.63, 3.8) is 0 Å². The van der Waals surface area contributed by atoms with Crippen LogP contribution in [0.15, 0.2) is 30.3 Å². The van der Waals surface area contributed by atoms with Gasteiger partial charge in [0.1, 0.15) is 6.23 Å². The molecule has 0 bridgehead atoms. The van der Waals surface area contributed by atoms with Crippen LogP contribution >= 0.6 is 0 Å². The fourth-order valence-corrected chi connectivity index (χ4v) is 5.02. The topological polar surface area (TPSA) is 60.4 Å². The summed E-state index contributed by atoms with van der Waals surface area (Å²) in [5.41, 5.74) is 3.63. The van der Waals surface area contributed by atoms with E-state index in [-0.39, 0.29) is 5.92 Å². The Morgan fingerprint density at radius 3 is 2.27 bits per heavy atom. The highest BCUT2D eigenvalue weighted by atomic mass is 16.5. The molecule has 1 aliphatic carbocycles. The number of hydrogen-bond donors (Lipinski definition) is 1. The van der Waals surface area contributed by atoms with Crippen LogP contribution in [0, 0.1) is 5.92 Å². The molecule has 0 aromatic heterocycles. The quantitative estimate of drug-likeness (QED) is 0.752. The molecule has 2 aromatic carbocycles. The summed E-state index contributed by atoms with van der Waals surface area (Å²) < 4.78 is 21.7. The van der Waals surface area contributed by atoms with E-state index >= 15 is 0 Å². The predicted molar refractivity (Wildman–Crippen MR) is 115 cm³/mol. The van der Waals surface area contributed by atoms with Crippen LogP contribution in [0.25, 0.3) is 0 Å². The summed E-state index contributed by atoms with van der Waals surface area (Å²) in [6.45, 7) is 1.71. The molecule has 1 unspecified atom stereocenters. The van der Waals surface area contributed by atoms with Gasteiger partial charge in [0.15, 0.2) is 23.0 Å². The molecule has 0 amide bonds. The molecule has 1 fully saturated rings. The molecule has 6 nitrogen and oxygen atoms in total. The lowest BCUT2D eigenvalue weighted by Gasteiger charge is -2.30. The number of ether oxygens (including phenoxy) is 4. The Balaban J connectivity index is 1.50. The van der Waals surface area contributed by atoms with E-state index in [9.17, 15) is 5.11 Å². The molecule has 6 heteroatoms. The van der Waals surface area contributed by atoms with Gasteiger partial charge in [-0.3, -0.25) is 4.90 Å². The number of aliphatic hydroxyl groups is 1. The van der Waals surface area contributed by atoms with Crippen molar-refractivity contribution in [2.45, 2.75) is 31.4 Å². The fraction of sp³-hybridized carbons (Fsp3) is 0.500. The first-order valence-electron chi connectivity index (χ1n) is 10.5. The predicted octanol–water partition coefficient (Wildman–Crippen LogP) is 3.24. The van der Waals surface area contributed by atoms with Crippen molar-refractivity contribution < 1.29 is 24.1 Å². The first kappa shape index (κ1) is 20.8. The lowest BCUT2D eigenvalue weighted by Crippen LogP contribution is -2.33. The molecule has 2 aliphatic rings. The minimum absolute atomic E-state index is 0.110. The summed E-state index contributed by atoms with van der Waals surface area (Å²) in [6, 6.07) is 10.1. The Hall–Kier alpha value is -2.44. The van der Waals surface area contributed by atoms with E-state index in [0.717, 1.165) is 55.4 Å². The molecule has 1 heterocycles. The molecular weight excluding hydrogens is 382 g/mol. The molecule has 1 saturated heterocycles. The van der Waals surface area contributed by atoms with Crippen molar-refractivity contribution in [2.75, 3.05) is 41.5 Å². The number of likely N-dealkylation sites (tertiary alicyclic amines) is 1. The van der Waals surface area contributed by atoms with Crippen molar-refractivity contribution in [1.82, 2.24) is 4.90 Å². The number of benzene rings is 2. The second kappa shape index (κ2) is 8.74. The Morgan fingerprint density at radius 2 is 1.57 bits per heavy atom. The maximum Gasteiger partial charge on any atom is 0.161 e. The highest BCUT2D eigenvalue weighted by molar-refractivity contribution is 5.50. The monoisotopic (exact) mass is 413 g/mol. The van der Waals surface area contributed by atoms with E-state index < -0.39 is 6.23 Å². The maximum atomic E-state index is 11.2. The lowest BCUT2D eigenvalue weighted by molar-refractivity contribution is 0.0261. The van der Waals surface area contributed by atoms with Crippen molar-refractivity contribution in [3.8, 4) is 23.0 Å². The van der Waals surface area contributed by atoms with E-state index in [2.05, 4.69) is 23.1 Å². The zero-order valence-electron chi connectivity index (χ0n) is 18.2. The molecule has 2 aromatic rings. The van der Waals surface area contributed by atoms with E-state index in [4.69, 9.17) is 18.9 Å². The van der Waals surface area contributed by atoms with Crippen LogP contribution in [0.4, 0.5) is 0 Å². The third kappa shape index (κ3) is 3.70. The normalized spacial score (nSPS) is 22.9. The molecule has 3 atom stereocenters. The zero-order chi connectivity index (χ0) is 21.3. The Bertz CT molecular complexity index is 899. The highest BCUT2D eigenvalue weighted by Gasteiger charge is 2.44. The molecule has 30 heavy (non-hydrogen) atoms. The SMILES string of the molecule is COc1ccc(CCN2C[C@@H]3CCc4cc(OC)c(OC)cc4[C@@H]3C2O)cc1OC. The second-order valence-corrected chi connectivity index (χ2v) is 8.08. The lowest BCUT2D eigenvalue weighted by atomic mass is 9.76. The van der Waals surface area contributed by atoms with Crippen LogP contribution in [-0.2, 0) is 12.8 Å². The summed E-state index contributed by atoms with van der Waals surface area (Å²) in [5.74, 6) is 3.52. The number of aryl methyl sites for hydroxylation is 1. The summed E-state index contributed by atoms with van der Waals surface area (Å²) in [5, 5.41) is 11.2. The molecule has 0 spiro atoms. The van der Waals surface area contributed by atoms with Gasteiger partial charge in [-0.2, -0.15) is 0 Å². The van der Waals surface area contributed by atoms with Gasteiger partial charge in [-0.05, 0) is 66.1 Å². The molecular formula is C24H31NO5. The number of aliphatic hydroxyl groups excluding tert-OH is 1. The van der Waals surface area contributed by atoms with E-state index in [1.165, 1.54) is 16.7 Å². The number of hydrogen-bond acceptors (Lipinski definition) is 6. The first-order valence-corrected chi connectivity index (χ1v) is 10.5. The van der Waals surface area contributed by atoms with Gasteiger partial charge < -0.3 is 24.1 Å². The zero-order valence-corrected chi connectivity index (χ0v) is 18.2. The minimum Gasteiger partial charge on any atom is -0.493 e. The summed E-state index contributed by atoms with van der Waals surface area (Å²) >= 11 is 0. The van der Waals surface area contributed by atoms with Crippen LogP contribution in [0.5, 0.6) is 23.0 Å². The Kier molecular flexibility index (Phi) is 6.06. The molecule has 1 N–H and O–H groups in total. The van der Waals surface area contributed by atoms with Crippen LogP contribution in [0.2, 0.25) is 0 Å². The summed E-state index contributed by atoms with van der Waals surface area (Å²) in [6.07, 6.45) is 2.44. The van der Waals surface area contributed by atoms with Crippen molar-refractivity contribution in [3.05, 3.63) is 47.0 Å². The van der Waals surface area contributed by atoms with Crippen molar-refractivity contribution in [1.29, 1.82) is 0 Å². The first-order chi connectivity index (χ1) is 14.6. The third-order valence-corrected chi connectivity index (χ3v) is 6.60. The summed E-state index contributed by atoms with van der Waals surface area (Å²) in [4.78, 5) is 2.21. The van der Waals surface area contributed by atoms with Gasteiger partial charge in [-0.15, -0.1) is 0 Å². The van der Waals surface area contributed by atoms with Gasteiger partial charge in [-0.25, -0.2) is 0 Å². The Labute approximate surface area is 178 Å². The van der Waals surface area contributed by atoms with Crippen LogP contribution in [-0.4, -0.2) is 57.8 Å². The number of fused-ring (bicyclic) bond motifs is 3. The van der Waals surface area contributed by atoms with Gasteiger partial charge in [-0.1, -0.05) is 6.07 Å². The molecule has 162 valence electrons. The van der Waals surface area contributed by atoms with Crippen LogP contribution in [0.1, 0.15) is 29.0 Å². The molecule has 0 saturated carbocycles. The molecule has 1 aliphatic heterocycles. The molecule has 4 rings (SSSR count). The maximum absolute atomic E-state index is 11.2. The van der Waals surface area contributed by atoms with Gasteiger partial charge in [0.05, 0.1) is 28.4 Å². The number of nitrogens with zero attached hydrogens (tertiary/aromatic N) is 1. The second-order valence-electron chi connectivity index (χ2n) is 8.08. The average Bonchev–Trinajstić information content (AvgIpc) is 3.12. The smallest absolute Gasteiger partial charge is 0.161 e. The summed E-state index contributed by atoms with van der Waals surface area (Å²) in [7, 11) is 6.61. The number of methoxy groups -OCH3 is 4. The average molecular weight is 414 g/mol. The van der Waals surface area contributed by atoms with Gasteiger partial charge in [0.25, 0.3) is 0 Å². The largest absolute Gasteiger partial charge is 0.493 e. The van der Waals surface area contributed by atoms with Crippen LogP contribution in [0.3, 0.4) is 0 Å². The number of rotatable bonds is 7. The molecule has 0 radical (unpaired) electrons. The van der Waals surface area contributed by atoms with Crippen molar-refractivity contribution in [2.24, 2.45) is 5.92 Å². The van der Waals surface area contributed by atoms with E-state index in [0.29, 0.717) is 5.92 Å². The third-order valence-electron chi connectivity index (χ3n) is 6.60. The van der Waals surface area contributed by atoms with Crippen LogP contribution < -0.4 is 18.9 Å². The minimum atomic E-state index is -0.493. The van der Waals surface area contributed by atoms with Gasteiger partial charge in [0, 0.05) is 19.0 Å².